The third-order valence-electron chi connectivity index (χ3n) is 4.11. The maximum atomic E-state index is 13.6. The molecule has 1 aliphatic heterocycles. The van der Waals surface area contributed by atoms with Crippen LogP contribution in [0.4, 0.5) is 23.7 Å². The Balaban J connectivity index is 0.000000297. The third kappa shape index (κ3) is 6.91. The summed E-state index contributed by atoms with van der Waals surface area (Å²) in [7, 11) is 0. The first-order valence-corrected chi connectivity index (χ1v) is 10.8. The summed E-state index contributed by atoms with van der Waals surface area (Å²) in [6.07, 6.45) is -0.291. The molecular weight excluding hydrogens is 529 g/mol. The van der Waals surface area contributed by atoms with Crippen LogP contribution in [0.1, 0.15) is 20.8 Å². The molecule has 0 aliphatic carbocycles. The first kappa shape index (κ1) is 24.5. The molecular formula is C21H23Br2F3N2O2. The van der Waals surface area contributed by atoms with Crippen molar-refractivity contribution < 1.29 is 22.7 Å². The van der Waals surface area contributed by atoms with E-state index in [2.05, 4.69) is 36.8 Å². The number of rotatable bonds is 1. The summed E-state index contributed by atoms with van der Waals surface area (Å²) in [5.74, 6) is -1.42. The minimum atomic E-state index is -0.574. The van der Waals surface area contributed by atoms with Gasteiger partial charge in [0.2, 0.25) is 0 Å². The van der Waals surface area contributed by atoms with E-state index in [-0.39, 0.29) is 16.4 Å². The van der Waals surface area contributed by atoms with Gasteiger partial charge in [0.1, 0.15) is 23.1 Å². The highest BCUT2D eigenvalue weighted by Gasteiger charge is 2.26. The number of nitrogens with zero attached hydrogens (tertiary/aromatic N) is 2. The predicted molar refractivity (Wildman–Crippen MR) is 118 cm³/mol. The fraction of sp³-hybridized carbons (Fsp3) is 0.381. The van der Waals surface area contributed by atoms with Gasteiger partial charge in [-0.25, -0.2) is 18.0 Å². The predicted octanol–water partition coefficient (Wildman–Crippen LogP) is 6.37. The lowest BCUT2D eigenvalue weighted by Gasteiger charge is -2.37. The van der Waals surface area contributed by atoms with Crippen molar-refractivity contribution in [2.75, 3.05) is 31.1 Å². The fourth-order valence-electron chi connectivity index (χ4n) is 2.67. The Labute approximate surface area is 191 Å². The quantitative estimate of drug-likeness (QED) is 0.386. The second kappa shape index (κ2) is 10.5. The van der Waals surface area contributed by atoms with E-state index < -0.39 is 17.2 Å². The number of piperazine rings is 1. The lowest BCUT2D eigenvalue weighted by molar-refractivity contribution is 0.0240. The molecule has 9 heteroatoms. The summed E-state index contributed by atoms with van der Waals surface area (Å²) in [4.78, 5) is 15.7. The molecule has 2 aromatic rings. The van der Waals surface area contributed by atoms with Crippen molar-refractivity contribution in [3.63, 3.8) is 0 Å². The molecule has 0 radical (unpaired) electrons. The van der Waals surface area contributed by atoms with Gasteiger partial charge in [0.15, 0.2) is 0 Å². The van der Waals surface area contributed by atoms with E-state index in [1.165, 1.54) is 24.3 Å². The molecule has 1 fully saturated rings. The Morgan fingerprint density at radius 1 is 0.867 bits per heavy atom. The lowest BCUT2D eigenvalue weighted by atomic mass is 10.2. The topological polar surface area (TPSA) is 32.8 Å². The zero-order valence-corrected chi connectivity index (χ0v) is 20.1. The van der Waals surface area contributed by atoms with E-state index in [1.54, 1.807) is 11.0 Å². The summed E-state index contributed by atoms with van der Waals surface area (Å²) in [6.45, 7) is 8.00. The second-order valence-corrected chi connectivity index (χ2v) is 9.15. The highest BCUT2D eigenvalue weighted by atomic mass is 79.9. The van der Waals surface area contributed by atoms with Crippen LogP contribution in [-0.2, 0) is 4.74 Å². The Morgan fingerprint density at radius 2 is 1.33 bits per heavy atom. The highest BCUT2D eigenvalue weighted by molar-refractivity contribution is 9.10. The number of ether oxygens (including phenoxy) is 1. The molecule has 1 saturated heterocycles. The smallest absolute Gasteiger partial charge is 0.410 e. The van der Waals surface area contributed by atoms with Crippen LogP contribution >= 0.6 is 31.9 Å². The van der Waals surface area contributed by atoms with Crippen molar-refractivity contribution in [1.29, 1.82) is 0 Å². The SMILES string of the molecule is CC(C)(C)OC(=O)N1CCN(c2cccc(F)c2Br)CC1.Fc1cccc(F)c1Br. The van der Waals surface area contributed by atoms with Crippen molar-refractivity contribution in [2.24, 2.45) is 0 Å². The minimum Gasteiger partial charge on any atom is -0.444 e. The molecule has 164 valence electrons. The molecule has 3 rings (SSSR count). The average molecular weight is 552 g/mol. The fourth-order valence-corrected chi connectivity index (χ4v) is 3.45. The zero-order chi connectivity index (χ0) is 22.5. The molecule has 0 saturated carbocycles. The molecule has 4 nitrogen and oxygen atoms in total. The average Bonchev–Trinajstić information content (AvgIpc) is 2.67. The Morgan fingerprint density at radius 3 is 1.80 bits per heavy atom. The van der Waals surface area contributed by atoms with Gasteiger partial charge in [0.25, 0.3) is 0 Å². The summed E-state index contributed by atoms with van der Waals surface area (Å²) in [6, 6.07) is 8.67. The van der Waals surface area contributed by atoms with Crippen molar-refractivity contribution in [3.05, 3.63) is 62.8 Å². The standard InChI is InChI=1S/C15H20BrFN2O2.C6H3BrF2/c1-15(2,3)21-14(20)19-9-7-18(8-10-19)12-6-4-5-11(17)13(12)16;7-6-4(8)2-1-3-5(6)9/h4-6H,7-10H2,1-3H3;1-3H. The molecule has 0 unspecified atom stereocenters. The van der Waals surface area contributed by atoms with Crippen LogP contribution < -0.4 is 4.90 Å². The number of carbonyl (C=O) groups is 1. The minimum absolute atomic E-state index is 0.106. The van der Waals surface area contributed by atoms with E-state index in [0.717, 1.165) is 5.69 Å². The van der Waals surface area contributed by atoms with E-state index in [9.17, 15) is 18.0 Å². The van der Waals surface area contributed by atoms with E-state index in [4.69, 9.17) is 4.74 Å². The molecule has 0 spiro atoms. The highest BCUT2D eigenvalue weighted by Crippen LogP contribution is 2.29. The van der Waals surface area contributed by atoms with Crippen LogP contribution in [0.25, 0.3) is 0 Å². The van der Waals surface area contributed by atoms with Crippen molar-refractivity contribution in [3.8, 4) is 0 Å². The van der Waals surface area contributed by atoms with Gasteiger partial charge >= 0.3 is 6.09 Å². The molecule has 0 bridgehead atoms. The van der Waals surface area contributed by atoms with E-state index in [0.29, 0.717) is 30.7 Å². The van der Waals surface area contributed by atoms with Gasteiger partial charge < -0.3 is 14.5 Å². The first-order chi connectivity index (χ1) is 14.0. The van der Waals surface area contributed by atoms with Gasteiger partial charge in [-0.2, -0.15) is 0 Å². The van der Waals surface area contributed by atoms with Crippen LogP contribution in [0.3, 0.4) is 0 Å². The third-order valence-corrected chi connectivity index (χ3v) is 5.65. The zero-order valence-electron chi connectivity index (χ0n) is 16.9. The number of benzene rings is 2. The van der Waals surface area contributed by atoms with Crippen LogP contribution in [0, 0.1) is 17.5 Å². The monoisotopic (exact) mass is 550 g/mol. The van der Waals surface area contributed by atoms with E-state index >= 15 is 0 Å². The van der Waals surface area contributed by atoms with E-state index in [1.807, 2.05) is 26.8 Å². The van der Waals surface area contributed by atoms with Gasteiger partial charge in [0, 0.05) is 26.2 Å². The summed E-state index contributed by atoms with van der Waals surface area (Å²) < 4.78 is 43.9. The Bertz CT molecular complexity index is 863. The molecule has 0 N–H and O–H groups in total. The van der Waals surface area contributed by atoms with Crippen molar-refractivity contribution >= 4 is 43.6 Å². The normalized spacial score (nSPS) is 14.1. The number of hydrogen-bond acceptors (Lipinski definition) is 3. The Kier molecular flexibility index (Phi) is 8.61. The summed E-state index contributed by atoms with van der Waals surface area (Å²) in [5.41, 5.74) is 0.332. The molecule has 0 atom stereocenters. The van der Waals surface area contributed by atoms with Crippen molar-refractivity contribution in [2.45, 2.75) is 26.4 Å². The lowest BCUT2D eigenvalue weighted by Crippen LogP contribution is -2.50. The van der Waals surface area contributed by atoms with Gasteiger partial charge in [-0.15, -0.1) is 0 Å². The van der Waals surface area contributed by atoms with Crippen LogP contribution in [0.15, 0.2) is 45.3 Å². The molecule has 30 heavy (non-hydrogen) atoms. The number of carbonyl (C=O) groups excluding carboxylic acids is 1. The van der Waals surface area contributed by atoms with Crippen LogP contribution in [0.5, 0.6) is 0 Å². The van der Waals surface area contributed by atoms with Gasteiger partial charge in [-0.3, -0.25) is 0 Å². The van der Waals surface area contributed by atoms with Gasteiger partial charge in [-0.1, -0.05) is 12.1 Å². The Hall–Kier alpha value is -1.74. The first-order valence-electron chi connectivity index (χ1n) is 9.26. The van der Waals surface area contributed by atoms with Crippen LogP contribution in [-0.4, -0.2) is 42.8 Å². The molecule has 0 aromatic heterocycles. The molecule has 1 amide bonds. The second-order valence-electron chi connectivity index (χ2n) is 7.56. The molecule has 1 heterocycles. The molecule has 2 aromatic carbocycles. The maximum Gasteiger partial charge on any atom is 0.410 e. The summed E-state index contributed by atoms with van der Waals surface area (Å²) >= 11 is 6.01. The summed E-state index contributed by atoms with van der Waals surface area (Å²) in [5, 5.41) is 0. The van der Waals surface area contributed by atoms with Crippen molar-refractivity contribution in [1.82, 2.24) is 4.90 Å². The largest absolute Gasteiger partial charge is 0.444 e. The number of halogens is 5. The number of amides is 1. The van der Waals surface area contributed by atoms with Crippen LogP contribution in [0.2, 0.25) is 0 Å². The molecule has 1 aliphatic rings. The maximum absolute atomic E-state index is 13.6. The number of anilines is 1. The van der Waals surface area contributed by atoms with Gasteiger partial charge in [0.05, 0.1) is 14.6 Å². The number of hydrogen-bond donors (Lipinski definition) is 0. The van der Waals surface area contributed by atoms with Gasteiger partial charge in [-0.05, 0) is 76.9 Å².